The number of benzene rings is 1. The first-order chi connectivity index (χ1) is 9.88. The maximum Gasteiger partial charge on any atom is 0.330 e. The van der Waals surface area contributed by atoms with Crippen LogP contribution < -0.4 is 4.74 Å². The fraction of sp³-hybridized carbons (Fsp3) is 0.471. The van der Waals surface area contributed by atoms with Crippen molar-refractivity contribution >= 4 is 12.0 Å². The molecule has 0 saturated heterocycles. The highest BCUT2D eigenvalue weighted by molar-refractivity contribution is 5.87. The summed E-state index contributed by atoms with van der Waals surface area (Å²) in [6.45, 7) is 7.41. The van der Waals surface area contributed by atoms with Crippen molar-refractivity contribution in [2.45, 2.75) is 26.2 Å². The number of rotatable bonds is 6. The minimum Gasteiger partial charge on any atom is -0.491 e. The molecule has 116 valence electrons. The van der Waals surface area contributed by atoms with Crippen LogP contribution in [0.1, 0.15) is 31.9 Å². The van der Waals surface area contributed by atoms with Crippen LogP contribution in [0.4, 0.5) is 0 Å². The molecule has 0 radical (unpaired) electrons. The van der Waals surface area contributed by atoms with E-state index in [-0.39, 0.29) is 5.41 Å². The first-order valence-electron chi connectivity index (χ1n) is 6.90. The Morgan fingerprint density at radius 1 is 1.19 bits per heavy atom. The van der Waals surface area contributed by atoms with Gasteiger partial charge in [-0.15, -0.1) is 0 Å². The maximum atomic E-state index is 11.2. The lowest BCUT2D eigenvalue weighted by atomic mass is 9.86. The van der Waals surface area contributed by atoms with Crippen LogP contribution in [0, 0.1) is 0 Å². The third-order valence-electron chi connectivity index (χ3n) is 3.02. The first kappa shape index (κ1) is 17.2. The van der Waals surface area contributed by atoms with Gasteiger partial charge in [-0.3, -0.25) is 0 Å². The monoisotopic (exact) mass is 292 g/mol. The molecule has 1 rings (SSSR count). The number of esters is 1. The van der Waals surface area contributed by atoms with Crippen molar-refractivity contribution in [1.29, 1.82) is 0 Å². The van der Waals surface area contributed by atoms with Crippen molar-refractivity contribution in [3.63, 3.8) is 0 Å². The van der Waals surface area contributed by atoms with E-state index in [0.717, 1.165) is 11.3 Å². The molecular formula is C17H24O4. The molecule has 0 aliphatic heterocycles. The Kier molecular flexibility index (Phi) is 6.43. The molecule has 0 amide bonds. The van der Waals surface area contributed by atoms with Crippen LogP contribution in [0.25, 0.3) is 6.08 Å². The third kappa shape index (κ3) is 5.60. The number of ether oxygens (including phenoxy) is 3. The molecule has 21 heavy (non-hydrogen) atoms. The van der Waals surface area contributed by atoms with Crippen LogP contribution >= 0.6 is 0 Å². The molecule has 1 aromatic carbocycles. The summed E-state index contributed by atoms with van der Waals surface area (Å²) >= 11 is 0. The summed E-state index contributed by atoms with van der Waals surface area (Å²) in [5, 5.41) is 0. The molecular weight excluding hydrogens is 268 g/mol. The summed E-state index contributed by atoms with van der Waals surface area (Å²) in [7, 11) is 2.98. The van der Waals surface area contributed by atoms with Crippen molar-refractivity contribution in [3.05, 3.63) is 35.4 Å². The van der Waals surface area contributed by atoms with E-state index in [9.17, 15) is 4.79 Å². The van der Waals surface area contributed by atoms with E-state index in [1.807, 2.05) is 18.2 Å². The highest BCUT2D eigenvalue weighted by atomic mass is 16.5. The van der Waals surface area contributed by atoms with Crippen molar-refractivity contribution < 1.29 is 19.0 Å². The molecule has 0 fully saturated rings. The van der Waals surface area contributed by atoms with Gasteiger partial charge in [-0.25, -0.2) is 4.79 Å². The van der Waals surface area contributed by atoms with Crippen LogP contribution in [0.15, 0.2) is 24.3 Å². The Morgan fingerprint density at radius 3 is 2.48 bits per heavy atom. The molecule has 4 nitrogen and oxygen atoms in total. The smallest absolute Gasteiger partial charge is 0.330 e. The normalized spacial score (nSPS) is 11.7. The molecule has 0 atom stereocenters. The second-order valence-electron chi connectivity index (χ2n) is 5.70. The number of hydrogen-bond donors (Lipinski definition) is 0. The van der Waals surface area contributed by atoms with Crippen LogP contribution in [-0.4, -0.2) is 33.4 Å². The molecule has 0 heterocycles. The Bertz CT molecular complexity index is 498. The lowest BCUT2D eigenvalue weighted by Crippen LogP contribution is -2.12. The van der Waals surface area contributed by atoms with E-state index < -0.39 is 5.97 Å². The summed E-state index contributed by atoms with van der Waals surface area (Å²) in [6.07, 6.45) is 3.08. The van der Waals surface area contributed by atoms with Gasteiger partial charge < -0.3 is 14.2 Å². The zero-order valence-electron chi connectivity index (χ0n) is 13.4. The fourth-order valence-corrected chi connectivity index (χ4v) is 1.72. The van der Waals surface area contributed by atoms with Crippen LogP contribution in [0.3, 0.4) is 0 Å². The van der Waals surface area contributed by atoms with Gasteiger partial charge in [-0.2, -0.15) is 0 Å². The van der Waals surface area contributed by atoms with Crippen molar-refractivity contribution in [2.75, 3.05) is 27.4 Å². The molecule has 0 saturated carbocycles. The van der Waals surface area contributed by atoms with E-state index in [1.54, 1.807) is 13.2 Å². The van der Waals surface area contributed by atoms with Crippen LogP contribution in [0.2, 0.25) is 0 Å². The second-order valence-corrected chi connectivity index (χ2v) is 5.70. The standard InChI is InChI=1S/C17H24O4/c1-17(2,3)14-8-6-13(7-9-16(18)20-5)15(12-14)21-11-10-19-4/h6-9,12H,10-11H2,1-5H3/b9-7+. The summed E-state index contributed by atoms with van der Waals surface area (Å²) in [6, 6.07) is 5.99. The van der Waals surface area contributed by atoms with Gasteiger partial charge in [0.1, 0.15) is 12.4 Å². The van der Waals surface area contributed by atoms with E-state index in [4.69, 9.17) is 9.47 Å². The van der Waals surface area contributed by atoms with Crippen molar-refractivity contribution in [1.82, 2.24) is 0 Å². The molecule has 0 aromatic heterocycles. The molecule has 0 aliphatic rings. The Balaban J connectivity index is 3.04. The topological polar surface area (TPSA) is 44.8 Å². The van der Waals surface area contributed by atoms with Crippen molar-refractivity contribution in [2.24, 2.45) is 0 Å². The predicted molar refractivity (Wildman–Crippen MR) is 83.6 cm³/mol. The molecule has 0 aliphatic carbocycles. The molecule has 0 unspecified atom stereocenters. The summed E-state index contributed by atoms with van der Waals surface area (Å²) < 4.78 is 15.4. The molecule has 0 bridgehead atoms. The number of methoxy groups -OCH3 is 2. The summed E-state index contributed by atoms with van der Waals surface area (Å²) in [5.74, 6) is 0.345. The molecule has 0 N–H and O–H groups in total. The van der Waals surface area contributed by atoms with Gasteiger partial charge in [0, 0.05) is 18.7 Å². The van der Waals surface area contributed by atoms with Gasteiger partial charge >= 0.3 is 5.97 Å². The maximum absolute atomic E-state index is 11.2. The number of carbonyl (C=O) groups excluding carboxylic acids is 1. The lowest BCUT2D eigenvalue weighted by molar-refractivity contribution is -0.134. The van der Waals surface area contributed by atoms with Gasteiger partial charge in [0.05, 0.1) is 13.7 Å². The Labute approximate surface area is 126 Å². The van der Waals surface area contributed by atoms with Crippen molar-refractivity contribution in [3.8, 4) is 5.75 Å². The SMILES string of the molecule is COCCOc1cc(C(C)(C)C)ccc1/C=C/C(=O)OC. The predicted octanol–water partition coefficient (Wildman–Crippen LogP) is 3.20. The summed E-state index contributed by atoms with van der Waals surface area (Å²) in [5.41, 5.74) is 2.04. The van der Waals surface area contributed by atoms with Gasteiger partial charge in [-0.05, 0) is 23.1 Å². The summed E-state index contributed by atoms with van der Waals surface area (Å²) in [4.78, 5) is 11.2. The number of carbonyl (C=O) groups is 1. The van der Waals surface area contributed by atoms with E-state index in [1.165, 1.54) is 18.7 Å². The van der Waals surface area contributed by atoms with Gasteiger partial charge in [0.25, 0.3) is 0 Å². The highest BCUT2D eigenvalue weighted by Crippen LogP contribution is 2.29. The molecule has 1 aromatic rings. The van der Waals surface area contributed by atoms with Crippen LogP contribution in [0.5, 0.6) is 5.75 Å². The van der Waals surface area contributed by atoms with Gasteiger partial charge in [0.2, 0.25) is 0 Å². The zero-order chi connectivity index (χ0) is 15.9. The molecule has 0 spiro atoms. The Hall–Kier alpha value is -1.81. The van der Waals surface area contributed by atoms with E-state index >= 15 is 0 Å². The van der Waals surface area contributed by atoms with Gasteiger partial charge in [-0.1, -0.05) is 32.9 Å². The van der Waals surface area contributed by atoms with Gasteiger partial charge in [0.15, 0.2) is 0 Å². The zero-order valence-corrected chi connectivity index (χ0v) is 13.4. The van der Waals surface area contributed by atoms with E-state index in [0.29, 0.717) is 13.2 Å². The number of hydrogen-bond acceptors (Lipinski definition) is 4. The van der Waals surface area contributed by atoms with E-state index in [2.05, 4.69) is 25.5 Å². The Morgan fingerprint density at radius 2 is 1.90 bits per heavy atom. The average Bonchev–Trinajstić information content (AvgIpc) is 2.44. The quantitative estimate of drug-likeness (QED) is 0.459. The third-order valence-corrected chi connectivity index (χ3v) is 3.02. The second kappa shape index (κ2) is 7.84. The van der Waals surface area contributed by atoms with Crippen LogP contribution in [-0.2, 0) is 19.7 Å². The minimum absolute atomic E-state index is 0.0317. The first-order valence-corrected chi connectivity index (χ1v) is 6.90. The lowest BCUT2D eigenvalue weighted by Gasteiger charge is -2.21. The average molecular weight is 292 g/mol. The fourth-order valence-electron chi connectivity index (χ4n) is 1.72. The molecule has 4 heteroatoms. The largest absolute Gasteiger partial charge is 0.491 e. The highest BCUT2D eigenvalue weighted by Gasteiger charge is 2.15. The minimum atomic E-state index is -0.391.